The lowest BCUT2D eigenvalue weighted by Crippen LogP contribution is -2.41. The third-order valence-electron chi connectivity index (χ3n) is 4.16. The Balaban J connectivity index is 1.79. The second kappa shape index (κ2) is 10.7. The zero-order valence-corrected chi connectivity index (χ0v) is 16.9. The Kier molecular flexibility index (Phi) is 8.29. The number of sulfonamides is 1. The molecule has 0 aliphatic rings. The first kappa shape index (κ1) is 22.5. The minimum Gasteiger partial charge on any atom is -0.350 e. The first-order valence-corrected chi connectivity index (χ1v) is 10.6. The summed E-state index contributed by atoms with van der Waals surface area (Å²) >= 11 is 0. The predicted octanol–water partition coefficient (Wildman–Crippen LogP) is 1.66. The van der Waals surface area contributed by atoms with Crippen molar-refractivity contribution in [2.24, 2.45) is 0 Å². The summed E-state index contributed by atoms with van der Waals surface area (Å²) in [4.78, 5) is 25.9. The normalized spacial score (nSPS) is 11.1. The van der Waals surface area contributed by atoms with E-state index in [1.54, 1.807) is 37.3 Å². The van der Waals surface area contributed by atoms with Crippen LogP contribution < -0.4 is 10.0 Å². The Morgan fingerprint density at radius 2 is 1.69 bits per heavy atom. The highest BCUT2D eigenvalue weighted by atomic mass is 32.2. The van der Waals surface area contributed by atoms with Gasteiger partial charge in [0.25, 0.3) is 0 Å². The van der Waals surface area contributed by atoms with E-state index < -0.39 is 10.0 Å². The fourth-order valence-corrected chi connectivity index (χ4v) is 3.59. The van der Waals surface area contributed by atoms with Crippen LogP contribution in [0, 0.1) is 5.82 Å². The summed E-state index contributed by atoms with van der Waals surface area (Å²) in [5, 5.41) is 2.67. The molecule has 2 rings (SSSR count). The van der Waals surface area contributed by atoms with Crippen LogP contribution in [0.4, 0.5) is 4.39 Å². The molecule has 0 spiro atoms. The summed E-state index contributed by atoms with van der Waals surface area (Å²) in [6, 6.07) is 13.6. The van der Waals surface area contributed by atoms with Gasteiger partial charge in [0, 0.05) is 26.1 Å². The first-order chi connectivity index (χ1) is 13.8. The highest BCUT2D eigenvalue weighted by Gasteiger charge is 2.17. The van der Waals surface area contributed by atoms with Crippen LogP contribution in [0.15, 0.2) is 59.5 Å². The standard InChI is InChI=1S/C20H24FN3O4S/c1-2-24(15-19(25)22-14-16-8-10-17(21)11-9-16)20(26)12-13-23-29(27,28)18-6-4-3-5-7-18/h3-11,23H,2,12-15H2,1H3,(H,22,25). The topological polar surface area (TPSA) is 95.6 Å². The van der Waals surface area contributed by atoms with E-state index in [0.29, 0.717) is 6.54 Å². The van der Waals surface area contributed by atoms with E-state index in [4.69, 9.17) is 0 Å². The van der Waals surface area contributed by atoms with Crippen LogP contribution in [0.1, 0.15) is 18.9 Å². The number of nitrogens with zero attached hydrogens (tertiary/aromatic N) is 1. The number of rotatable bonds is 10. The third kappa shape index (κ3) is 7.28. The molecule has 9 heteroatoms. The summed E-state index contributed by atoms with van der Waals surface area (Å²) in [5.41, 5.74) is 0.740. The van der Waals surface area contributed by atoms with Crippen molar-refractivity contribution in [3.05, 3.63) is 66.0 Å². The van der Waals surface area contributed by atoms with E-state index in [1.807, 2.05) is 0 Å². The lowest BCUT2D eigenvalue weighted by atomic mass is 10.2. The lowest BCUT2D eigenvalue weighted by Gasteiger charge is -2.20. The minimum atomic E-state index is -3.68. The molecule has 0 fully saturated rings. The van der Waals surface area contributed by atoms with Crippen molar-refractivity contribution >= 4 is 21.8 Å². The molecule has 0 bridgehead atoms. The molecule has 2 aromatic carbocycles. The van der Waals surface area contributed by atoms with E-state index in [0.717, 1.165) is 5.56 Å². The number of carbonyl (C=O) groups is 2. The van der Waals surface area contributed by atoms with Crippen molar-refractivity contribution in [2.75, 3.05) is 19.6 Å². The van der Waals surface area contributed by atoms with Gasteiger partial charge in [-0.3, -0.25) is 9.59 Å². The average molecular weight is 421 g/mol. The number of carbonyl (C=O) groups excluding carboxylic acids is 2. The second-order valence-electron chi connectivity index (χ2n) is 6.27. The van der Waals surface area contributed by atoms with E-state index in [-0.39, 0.29) is 48.6 Å². The van der Waals surface area contributed by atoms with Gasteiger partial charge in [-0.05, 0) is 36.8 Å². The Bertz CT molecular complexity index is 919. The molecule has 0 atom stereocenters. The Labute approximate surface area is 170 Å². The molecule has 2 aromatic rings. The lowest BCUT2D eigenvalue weighted by molar-refractivity contribution is -0.135. The quantitative estimate of drug-likeness (QED) is 0.610. The van der Waals surface area contributed by atoms with E-state index in [1.165, 1.54) is 29.2 Å². The van der Waals surface area contributed by atoms with Crippen LogP contribution in [0.5, 0.6) is 0 Å². The number of hydrogen-bond acceptors (Lipinski definition) is 4. The largest absolute Gasteiger partial charge is 0.350 e. The average Bonchev–Trinajstić information content (AvgIpc) is 2.72. The Morgan fingerprint density at radius 1 is 1.03 bits per heavy atom. The van der Waals surface area contributed by atoms with Gasteiger partial charge in [-0.15, -0.1) is 0 Å². The van der Waals surface area contributed by atoms with Crippen LogP contribution in [0.2, 0.25) is 0 Å². The van der Waals surface area contributed by atoms with Gasteiger partial charge in [0.1, 0.15) is 5.82 Å². The Hall–Kier alpha value is -2.78. The second-order valence-corrected chi connectivity index (χ2v) is 8.04. The molecule has 29 heavy (non-hydrogen) atoms. The molecular weight excluding hydrogens is 397 g/mol. The molecule has 0 aliphatic carbocycles. The van der Waals surface area contributed by atoms with Crippen LogP contribution >= 0.6 is 0 Å². The maximum Gasteiger partial charge on any atom is 0.240 e. The van der Waals surface area contributed by atoms with Gasteiger partial charge < -0.3 is 10.2 Å². The van der Waals surface area contributed by atoms with Crippen LogP contribution in [0.25, 0.3) is 0 Å². The molecule has 0 heterocycles. The highest BCUT2D eigenvalue weighted by molar-refractivity contribution is 7.89. The molecule has 156 valence electrons. The van der Waals surface area contributed by atoms with E-state index in [9.17, 15) is 22.4 Å². The molecule has 2 amide bonds. The molecule has 0 saturated carbocycles. The number of amides is 2. The summed E-state index contributed by atoms with van der Waals surface area (Å²) in [7, 11) is -3.68. The van der Waals surface area contributed by atoms with E-state index in [2.05, 4.69) is 10.0 Å². The van der Waals surface area contributed by atoms with Gasteiger partial charge in [0.2, 0.25) is 21.8 Å². The zero-order valence-electron chi connectivity index (χ0n) is 16.1. The number of nitrogens with one attached hydrogen (secondary N) is 2. The number of hydrogen-bond donors (Lipinski definition) is 2. The molecule has 0 saturated heterocycles. The molecule has 7 nitrogen and oxygen atoms in total. The third-order valence-corrected chi connectivity index (χ3v) is 5.63. The molecule has 2 N–H and O–H groups in total. The smallest absolute Gasteiger partial charge is 0.240 e. The molecule has 0 radical (unpaired) electrons. The van der Waals surface area contributed by atoms with Gasteiger partial charge in [0.15, 0.2) is 0 Å². The number of benzene rings is 2. The Morgan fingerprint density at radius 3 is 2.31 bits per heavy atom. The summed E-state index contributed by atoms with van der Waals surface area (Å²) in [6.07, 6.45) is -0.0643. The SMILES string of the molecule is CCN(CC(=O)NCc1ccc(F)cc1)C(=O)CCNS(=O)(=O)c1ccccc1. The maximum absolute atomic E-state index is 12.9. The fourth-order valence-electron chi connectivity index (χ4n) is 2.54. The molecule has 0 aliphatic heterocycles. The van der Waals surface area contributed by atoms with Gasteiger partial charge in [-0.1, -0.05) is 30.3 Å². The summed E-state index contributed by atoms with van der Waals surface area (Å²) in [6.45, 7) is 2.07. The van der Waals surface area contributed by atoms with Crippen molar-refractivity contribution < 1.29 is 22.4 Å². The monoisotopic (exact) mass is 421 g/mol. The maximum atomic E-state index is 12.9. The van der Waals surface area contributed by atoms with Crippen molar-refractivity contribution in [2.45, 2.75) is 24.8 Å². The van der Waals surface area contributed by atoms with Gasteiger partial charge in [-0.25, -0.2) is 17.5 Å². The van der Waals surface area contributed by atoms with Gasteiger partial charge in [0.05, 0.1) is 11.4 Å². The van der Waals surface area contributed by atoms with Crippen molar-refractivity contribution in [1.29, 1.82) is 0 Å². The van der Waals surface area contributed by atoms with Crippen LogP contribution in [-0.2, 0) is 26.2 Å². The zero-order chi connectivity index (χ0) is 21.3. The number of likely N-dealkylation sites (N-methyl/N-ethyl adjacent to an activating group) is 1. The minimum absolute atomic E-state index is 0.0643. The van der Waals surface area contributed by atoms with Crippen molar-refractivity contribution in [1.82, 2.24) is 14.9 Å². The van der Waals surface area contributed by atoms with Crippen LogP contribution in [0.3, 0.4) is 0 Å². The van der Waals surface area contributed by atoms with Gasteiger partial charge in [-0.2, -0.15) is 0 Å². The predicted molar refractivity (Wildman–Crippen MR) is 107 cm³/mol. The fraction of sp³-hybridized carbons (Fsp3) is 0.300. The molecular formula is C20H24FN3O4S. The first-order valence-electron chi connectivity index (χ1n) is 9.15. The summed E-state index contributed by atoms with van der Waals surface area (Å²) < 4.78 is 39.6. The molecule has 0 unspecified atom stereocenters. The van der Waals surface area contributed by atoms with Gasteiger partial charge >= 0.3 is 0 Å². The summed E-state index contributed by atoms with van der Waals surface area (Å²) in [5.74, 6) is -1.04. The van der Waals surface area contributed by atoms with Crippen molar-refractivity contribution in [3.63, 3.8) is 0 Å². The number of halogens is 1. The van der Waals surface area contributed by atoms with E-state index >= 15 is 0 Å². The van der Waals surface area contributed by atoms with Crippen LogP contribution in [-0.4, -0.2) is 44.8 Å². The molecule has 0 aromatic heterocycles. The highest BCUT2D eigenvalue weighted by Crippen LogP contribution is 2.07. The van der Waals surface area contributed by atoms with Crippen molar-refractivity contribution in [3.8, 4) is 0 Å².